The molecule has 0 saturated heterocycles. The lowest BCUT2D eigenvalue weighted by atomic mass is 9.88. The van der Waals surface area contributed by atoms with E-state index in [-0.39, 0.29) is 18.4 Å². The van der Waals surface area contributed by atoms with Crippen molar-refractivity contribution in [1.82, 2.24) is 0 Å². The first-order valence-corrected chi connectivity index (χ1v) is 8.53. The van der Waals surface area contributed by atoms with Crippen LogP contribution in [0.15, 0.2) is 48.5 Å². The summed E-state index contributed by atoms with van der Waals surface area (Å²) < 4.78 is 5.23. The second-order valence-electron chi connectivity index (χ2n) is 6.30. The summed E-state index contributed by atoms with van der Waals surface area (Å²) in [6, 6.07) is 14.5. The molecule has 0 aromatic heterocycles. The molecule has 132 valence electrons. The number of aryl methyl sites for hydroxylation is 1. The van der Waals surface area contributed by atoms with Crippen LogP contribution in [0.25, 0.3) is 0 Å². The lowest BCUT2D eigenvalue weighted by molar-refractivity contribution is -0.149. The van der Waals surface area contributed by atoms with Crippen molar-refractivity contribution in [2.24, 2.45) is 5.92 Å². The molecule has 0 fully saturated rings. The van der Waals surface area contributed by atoms with Crippen molar-refractivity contribution in [3.63, 3.8) is 0 Å². The topological polar surface area (TPSA) is 55.4 Å². The Balaban J connectivity index is 1.96. The second-order valence-corrected chi connectivity index (χ2v) is 6.74. The molecule has 0 aliphatic heterocycles. The minimum absolute atomic E-state index is 0.0357. The van der Waals surface area contributed by atoms with E-state index < -0.39 is 11.9 Å². The maximum absolute atomic E-state index is 12.4. The van der Waals surface area contributed by atoms with Gasteiger partial charge in [0.05, 0.1) is 5.92 Å². The fourth-order valence-corrected chi connectivity index (χ4v) is 2.74. The molecule has 0 unspecified atom stereocenters. The number of hydrogen-bond donors (Lipinski definition) is 1. The van der Waals surface area contributed by atoms with E-state index in [4.69, 9.17) is 16.3 Å². The molecule has 2 rings (SSSR count). The minimum atomic E-state index is -0.441. The number of amides is 1. The lowest BCUT2D eigenvalue weighted by Gasteiger charge is -2.20. The molecule has 1 N–H and O–H groups in total. The SMILES string of the molecule is Cc1cccc(NC(=O)COC(=O)[C@H](c2ccc(Cl)cc2)C(C)C)c1. The zero-order valence-electron chi connectivity index (χ0n) is 14.6. The van der Waals surface area contributed by atoms with Crippen LogP contribution in [0.2, 0.25) is 5.02 Å². The molecule has 2 aromatic carbocycles. The van der Waals surface area contributed by atoms with Gasteiger partial charge in [0.2, 0.25) is 0 Å². The van der Waals surface area contributed by atoms with E-state index in [0.717, 1.165) is 11.1 Å². The molecule has 0 saturated carbocycles. The second kappa shape index (κ2) is 8.67. The number of benzene rings is 2. The van der Waals surface area contributed by atoms with Crippen LogP contribution in [0.3, 0.4) is 0 Å². The molecule has 0 bridgehead atoms. The van der Waals surface area contributed by atoms with Gasteiger partial charge in [0, 0.05) is 10.7 Å². The summed E-state index contributed by atoms with van der Waals surface area (Å²) in [6.45, 7) is 5.50. The highest BCUT2D eigenvalue weighted by Gasteiger charge is 2.26. The van der Waals surface area contributed by atoms with Gasteiger partial charge < -0.3 is 10.1 Å². The van der Waals surface area contributed by atoms with Crippen molar-refractivity contribution in [2.75, 3.05) is 11.9 Å². The van der Waals surface area contributed by atoms with Crippen molar-refractivity contribution < 1.29 is 14.3 Å². The van der Waals surface area contributed by atoms with Crippen LogP contribution in [-0.4, -0.2) is 18.5 Å². The fraction of sp³-hybridized carbons (Fsp3) is 0.300. The third-order valence-corrected chi connectivity index (χ3v) is 4.05. The Bertz CT molecular complexity index is 741. The first-order chi connectivity index (χ1) is 11.9. The van der Waals surface area contributed by atoms with E-state index in [1.165, 1.54) is 0 Å². The third-order valence-electron chi connectivity index (χ3n) is 3.80. The minimum Gasteiger partial charge on any atom is -0.455 e. The number of anilines is 1. The number of ether oxygens (including phenoxy) is 1. The molecule has 1 atom stereocenters. The van der Waals surface area contributed by atoms with Gasteiger partial charge in [-0.25, -0.2) is 0 Å². The zero-order valence-corrected chi connectivity index (χ0v) is 15.3. The van der Waals surface area contributed by atoms with Crippen molar-refractivity contribution in [2.45, 2.75) is 26.7 Å². The summed E-state index contributed by atoms with van der Waals surface area (Å²) in [7, 11) is 0. The number of nitrogens with one attached hydrogen (secondary N) is 1. The molecule has 0 radical (unpaired) electrons. The van der Waals surface area contributed by atoms with Gasteiger partial charge in [0.1, 0.15) is 0 Å². The van der Waals surface area contributed by atoms with Gasteiger partial charge in [-0.3, -0.25) is 9.59 Å². The first kappa shape index (κ1) is 19.0. The van der Waals surface area contributed by atoms with Gasteiger partial charge in [-0.2, -0.15) is 0 Å². The van der Waals surface area contributed by atoms with Gasteiger partial charge in [-0.05, 0) is 48.2 Å². The van der Waals surface area contributed by atoms with Crippen LogP contribution in [-0.2, 0) is 14.3 Å². The molecule has 0 spiro atoms. The van der Waals surface area contributed by atoms with Gasteiger partial charge in [0.15, 0.2) is 6.61 Å². The van der Waals surface area contributed by atoms with Crippen molar-refractivity contribution in [3.05, 3.63) is 64.7 Å². The maximum Gasteiger partial charge on any atom is 0.314 e. The standard InChI is InChI=1S/C20H22ClNO3/c1-13(2)19(15-7-9-16(21)10-8-15)20(24)25-12-18(23)22-17-6-4-5-14(3)11-17/h4-11,13,19H,12H2,1-3H3,(H,22,23)/t19-/m0/s1. The average Bonchev–Trinajstić information content (AvgIpc) is 2.55. The highest BCUT2D eigenvalue weighted by Crippen LogP contribution is 2.27. The number of halogens is 1. The highest BCUT2D eigenvalue weighted by atomic mass is 35.5. The van der Waals surface area contributed by atoms with E-state index in [2.05, 4.69) is 5.32 Å². The van der Waals surface area contributed by atoms with Crippen molar-refractivity contribution in [3.8, 4) is 0 Å². The molecule has 4 nitrogen and oxygen atoms in total. The smallest absolute Gasteiger partial charge is 0.314 e. The molecule has 1 amide bonds. The summed E-state index contributed by atoms with van der Waals surface area (Å²) in [4.78, 5) is 24.4. The molecule has 2 aromatic rings. The summed E-state index contributed by atoms with van der Waals surface area (Å²) >= 11 is 5.90. The Labute approximate surface area is 153 Å². The van der Waals surface area contributed by atoms with Gasteiger partial charge >= 0.3 is 5.97 Å². The van der Waals surface area contributed by atoms with Gasteiger partial charge in [0.25, 0.3) is 5.91 Å². The molecule has 0 aliphatic rings. The molecule has 5 heteroatoms. The molecule has 0 aliphatic carbocycles. The normalized spacial score (nSPS) is 11.9. The van der Waals surface area contributed by atoms with Crippen LogP contribution < -0.4 is 5.32 Å². The third kappa shape index (κ3) is 5.61. The van der Waals surface area contributed by atoms with E-state index >= 15 is 0 Å². The van der Waals surface area contributed by atoms with Crippen LogP contribution >= 0.6 is 11.6 Å². The van der Waals surface area contributed by atoms with Crippen LogP contribution in [0, 0.1) is 12.8 Å². The summed E-state index contributed by atoms with van der Waals surface area (Å²) in [5.74, 6) is -1.19. The Morgan fingerprint density at radius 3 is 2.40 bits per heavy atom. The Hall–Kier alpha value is -2.33. The molecular formula is C20H22ClNO3. The fourth-order valence-electron chi connectivity index (χ4n) is 2.61. The molecule has 0 heterocycles. The number of esters is 1. The van der Waals surface area contributed by atoms with Crippen LogP contribution in [0.5, 0.6) is 0 Å². The van der Waals surface area contributed by atoms with Crippen LogP contribution in [0.1, 0.15) is 30.9 Å². The predicted molar refractivity (Wildman–Crippen MR) is 99.8 cm³/mol. The molecule has 25 heavy (non-hydrogen) atoms. The van der Waals surface area contributed by atoms with Gasteiger partial charge in [-0.15, -0.1) is 0 Å². The largest absolute Gasteiger partial charge is 0.455 e. The summed E-state index contributed by atoms with van der Waals surface area (Å²) in [5, 5.41) is 3.33. The van der Waals surface area contributed by atoms with Crippen molar-refractivity contribution in [1.29, 1.82) is 0 Å². The Morgan fingerprint density at radius 2 is 1.80 bits per heavy atom. The van der Waals surface area contributed by atoms with E-state index in [0.29, 0.717) is 10.7 Å². The van der Waals surface area contributed by atoms with E-state index in [1.807, 2.05) is 39.0 Å². The number of hydrogen-bond acceptors (Lipinski definition) is 3. The van der Waals surface area contributed by atoms with E-state index in [9.17, 15) is 9.59 Å². The highest BCUT2D eigenvalue weighted by molar-refractivity contribution is 6.30. The predicted octanol–water partition coefficient (Wildman–Crippen LogP) is 4.57. The summed E-state index contributed by atoms with van der Waals surface area (Å²) in [6.07, 6.45) is 0. The van der Waals surface area contributed by atoms with Crippen LogP contribution in [0.4, 0.5) is 5.69 Å². The zero-order chi connectivity index (χ0) is 18.4. The summed E-state index contributed by atoms with van der Waals surface area (Å²) in [5.41, 5.74) is 2.54. The first-order valence-electron chi connectivity index (χ1n) is 8.15. The van der Waals surface area contributed by atoms with Crippen molar-refractivity contribution >= 4 is 29.2 Å². The maximum atomic E-state index is 12.4. The van der Waals surface area contributed by atoms with E-state index in [1.54, 1.807) is 30.3 Å². The molecular weight excluding hydrogens is 338 g/mol. The quantitative estimate of drug-likeness (QED) is 0.768. The van der Waals surface area contributed by atoms with Gasteiger partial charge in [-0.1, -0.05) is 49.7 Å². The number of carbonyl (C=O) groups excluding carboxylic acids is 2. The number of carbonyl (C=O) groups is 2. The number of rotatable bonds is 6. The monoisotopic (exact) mass is 359 g/mol. The average molecular weight is 360 g/mol. The Morgan fingerprint density at radius 1 is 1.12 bits per heavy atom. The lowest BCUT2D eigenvalue weighted by Crippen LogP contribution is -2.26. The Kier molecular flexibility index (Phi) is 6.59.